The van der Waals surface area contributed by atoms with E-state index in [0.29, 0.717) is 5.71 Å². The summed E-state index contributed by atoms with van der Waals surface area (Å²) in [7, 11) is 3.89. The molecule has 0 aliphatic heterocycles. The van der Waals surface area contributed by atoms with Crippen molar-refractivity contribution in [3.05, 3.63) is 42.4 Å². The molecule has 5 nitrogen and oxygen atoms in total. The molecule has 0 fully saturated rings. The Balaban J connectivity index is 2.07. The second kappa shape index (κ2) is 4.85. The van der Waals surface area contributed by atoms with Gasteiger partial charge in [0.25, 0.3) is 0 Å². The predicted octanol–water partition coefficient (Wildman–Crippen LogP) is 3.34. The minimum absolute atomic E-state index is 0.617. The number of furan rings is 1. The van der Waals surface area contributed by atoms with Crippen LogP contribution in [0.25, 0.3) is 11.1 Å². The van der Waals surface area contributed by atoms with Gasteiger partial charge in [-0.15, -0.1) is 0 Å². The Morgan fingerprint density at radius 2 is 1.90 bits per heavy atom. The molecule has 3 rings (SSSR count). The monoisotopic (exact) mass is 268 g/mol. The van der Waals surface area contributed by atoms with E-state index in [1.165, 1.54) is 6.33 Å². The van der Waals surface area contributed by atoms with Crippen LogP contribution in [-0.2, 0) is 0 Å². The molecule has 0 radical (unpaired) electrons. The van der Waals surface area contributed by atoms with Gasteiger partial charge < -0.3 is 14.6 Å². The van der Waals surface area contributed by atoms with E-state index in [0.717, 1.165) is 28.1 Å². The maximum Gasteiger partial charge on any atom is 0.231 e. The summed E-state index contributed by atoms with van der Waals surface area (Å²) in [6.45, 7) is 2.00. The van der Waals surface area contributed by atoms with Crippen LogP contribution in [0.5, 0.6) is 0 Å². The van der Waals surface area contributed by atoms with E-state index in [1.54, 1.807) is 6.26 Å². The third-order valence-corrected chi connectivity index (χ3v) is 3.40. The Morgan fingerprint density at radius 1 is 1.15 bits per heavy atom. The van der Waals surface area contributed by atoms with Gasteiger partial charge in [0.05, 0.1) is 11.6 Å². The molecule has 102 valence electrons. The molecular weight excluding hydrogens is 252 g/mol. The van der Waals surface area contributed by atoms with Crippen LogP contribution in [0.15, 0.2) is 41.3 Å². The third kappa shape index (κ3) is 1.97. The smallest absolute Gasteiger partial charge is 0.231 e. The number of fused-ring (bicyclic) bond motifs is 1. The molecular formula is C15H16N4O. The highest BCUT2D eigenvalue weighted by molar-refractivity contribution is 5.91. The van der Waals surface area contributed by atoms with Crippen molar-refractivity contribution in [1.29, 1.82) is 0 Å². The van der Waals surface area contributed by atoms with Crippen LogP contribution in [0.2, 0.25) is 0 Å². The Morgan fingerprint density at radius 3 is 2.60 bits per heavy atom. The van der Waals surface area contributed by atoms with Crippen LogP contribution < -0.4 is 10.2 Å². The van der Waals surface area contributed by atoms with E-state index >= 15 is 0 Å². The second-order valence-electron chi connectivity index (χ2n) is 4.65. The number of nitrogens with one attached hydrogen (secondary N) is 1. The second-order valence-corrected chi connectivity index (χ2v) is 4.65. The average Bonchev–Trinajstić information content (AvgIpc) is 2.88. The fourth-order valence-electron chi connectivity index (χ4n) is 2.23. The van der Waals surface area contributed by atoms with Crippen LogP contribution in [0.4, 0.5) is 17.2 Å². The van der Waals surface area contributed by atoms with Crippen molar-refractivity contribution in [1.82, 2.24) is 9.97 Å². The Hall–Kier alpha value is -2.56. The van der Waals surface area contributed by atoms with Crippen molar-refractivity contribution in [3.63, 3.8) is 0 Å². The standard InChI is InChI=1S/C15H16N4O/c1-10-8-20-15-13(10)14(17-9-18-15)19(3)12-6-4-11(16-2)5-7-12/h4-9,16H,1-3H3. The summed E-state index contributed by atoms with van der Waals surface area (Å²) in [5, 5.41) is 4.06. The quantitative estimate of drug-likeness (QED) is 0.789. The largest absolute Gasteiger partial charge is 0.446 e. The lowest BCUT2D eigenvalue weighted by Crippen LogP contribution is -2.11. The number of aryl methyl sites for hydroxylation is 1. The molecule has 0 atom stereocenters. The zero-order valence-electron chi connectivity index (χ0n) is 11.7. The zero-order valence-corrected chi connectivity index (χ0v) is 11.7. The van der Waals surface area contributed by atoms with Gasteiger partial charge >= 0.3 is 0 Å². The van der Waals surface area contributed by atoms with Gasteiger partial charge in [0.15, 0.2) is 0 Å². The van der Waals surface area contributed by atoms with Gasteiger partial charge in [-0.3, -0.25) is 0 Å². The summed E-state index contributed by atoms with van der Waals surface area (Å²) in [5.74, 6) is 0.846. The molecule has 3 aromatic rings. The molecule has 0 spiro atoms. The van der Waals surface area contributed by atoms with E-state index in [1.807, 2.05) is 38.1 Å². The maximum absolute atomic E-state index is 5.42. The van der Waals surface area contributed by atoms with Gasteiger partial charge in [0, 0.05) is 31.0 Å². The minimum Gasteiger partial charge on any atom is -0.446 e. The van der Waals surface area contributed by atoms with Crippen LogP contribution in [0, 0.1) is 6.92 Å². The normalized spacial score (nSPS) is 10.8. The Bertz CT molecular complexity index is 733. The average molecular weight is 268 g/mol. The number of hydrogen-bond acceptors (Lipinski definition) is 5. The van der Waals surface area contributed by atoms with Crippen molar-refractivity contribution in [3.8, 4) is 0 Å². The number of hydrogen-bond donors (Lipinski definition) is 1. The number of nitrogens with zero attached hydrogens (tertiary/aromatic N) is 3. The summed E-state index contributed by atoms with van der Waals surface area (Å²) in [6.07, 6.45) is 3.24. The Kier molecular flexibility index (Phi) is 3.02. The van der Waals surface area contributed by atoms with Gasteiger partial charge in [-0.05, 0) is 31.2 Å². The van der Waals surface area contributed by atoms with Crippen LogP contribution >= 0.6 is 0 Å². The topological polar surface area (TPSA) is 54.2 Å². The van der Waals surface area contributed by atoms with E-state index in [9.17, 15) is 0 Å². The fourth-order valence-corrected chi connectivity index (χ4v) is 2.23. The molecule has 20 heavy (non-hydrogen) atoms. The van der Waals surface area contributed by atoms with E-state index < -0.39 is 0 Å². The summed E-state index contributed by atoms with van der Waals surface area (Å²) in [5.41, 5.74) is 3.79. The predicted molar refractivity (Wildman–Crippen MR) is 80.6 cm³/mol. The van der Waals surface area contributed by atoms with Gasteiger partial charge in [-0.2, -0.15) is 0 Å². The maximum atomic E-state index is 5.42. The molecule has 2 heterocycles. The van der Waals surface area contributed by atoms with Crippen molar-refractivity contribution in [2.75, 3.05) is 24.3 Å². The number of anilines is 3. The molecule has 1 N–H and O–H groups in total. The minimum atomic E-state index is 0.617. The van der Waals surface area contributed by atoms with Crippen LogP contribution in [0.3, 0.4) is 0 Å². The first-order valence-corrected chi connectivity index (χ1v) is 6.41. The molecule has 0 aliphatic rings. The summed E-state index contributed by atoms with van der Waals surface area (Å²) < 4.78 is 5.42. The third-order valence-electron chi connectivity index (χ3n) is 3.40. The lowest BCUT2D eigenvalue weighted by molar-refractivity contribution is 0.600. The van der Waals surface area contributed by atoms with Gasteiger partial charge in [-0.1, -0.05) is 0 Å². The highest BCUT2D eigenvalue weighted by Crippen LogP contribution is 2.31. The number of rotatable bonds is 3. The zero-order chi connectivity index (χ0) is 14.1. The number of aromatic nitrogens is 2. The van der Waals surface area contributed by atoms with Gasteiger partial charge in [0.1, 0.15) is 12.1 Å². The molecule has 0 saturated carbocycles. The highest BCUT2D eigenvalue weighted by Gasteiger charge is 2.14. The molecule has 1 aromatic carbocycles. The van der Waals surface area contributed by atoms with E-state index in [4.69, 9.17) is 4.42 Å². The summed E-state index contributed by atoms with van der Waals surface area (Å²) in [6, 6.07) is 8.17. The molecule has 0 aliphatic carbocycles. The molecule has 2 aromatic heterocycles. The van der Waals surface area contributed by atoms with Crippen molar-refractivity contribution < 1.29 is 4.42 Å². The fraction of sp³-hybridized carbons (Fsp3) is 0.200. The van der Waals surface area contributed by atoms with Crippen molar-refractivity contribution in [2.24, 2.45) is 0 Å². The lowest BCUT2D eigenvalue weighted by Gasteiger charge is -2.19. The van der Waals surface area contributed by atoms with Crippen molar-refractivity contribution in [2.45, 2.75) is 6.92 Å². The molecule has 0 bridgehead atoms. The first-order valence-electron chi connectivity index (χ1n) is 6.41. The molecule has 0 unspecified atom stereocenters. The molecule has 5 heteroatoms. The van der Waals surface area contributed by atoms with E-state index in [2.05, 4.69) is 27.4 Å². The summed E-state index contributed by atoms with van der Waals surface area (Å²) >= 11 is 0. The first kappa shape index (κ1) is 12.5. The van der Waals surface area contributed by atoms with E-state index in [-0.39, 0.29) is 0 Å². The van der Waals surface area contributed by atoms with Gasteiger partial charge in [-0.25, -0.2) is 9.97 Å². The first-order chi connectivity index (χ1) is 9.70. The van der Waals surface area contributed by atoms with Crippen LogP contribution in [0.1, 0.15) is 5.56 Å². The molecule has 0 saturated heterocycles. The summed E-state index contributed by atoms with van der Waals surface area (Å²) in [4.78, 5) is 10.6. The molecule has 0 amide bonds. The highest BCUT2D eigenvalue weighted by atomic mass is 16.3. The van der Waals surface area contributed by atoms with Crippen LogP contribution in [-0.4, -0.2) is 24.1 Å². The van der Waals surface area contributed by atoms with Crippen molar-refractivity contribution >= 4 is 28.3 Å². The Labute approximate surface area is 117 Å². The SMILES string of the molecule is CNc1ccc(N(C)c2ncnc3occ(C)c23)cc1. The lowest BCUT2D eigenvalue weighted by atomic mass is 10.2. The van der Waals surface area contributed by atoms with Gasteiger partial charge in [0.2, 0.25) is 5.71 Å². The number of benzene rings is 1.